The number of fused-ring (bicyclic) bond motifs is 1. The minimum absolute atomic E-state index is 0.338. The maximum Gasteiger partial charge on any atom is 0.257 e. The normalized spacial score (nSPS) is 12.1. The van der Waals surface area contributed by atoms with E-state index in [4.69, 9.17) is 27.6 Å². The SMILES string of the molecule is CCC(C)c1ccc2oc(-c3ccc(Cl)c(NC(=O)c4ccccc4Cl)c3)nc2c1. The number of nitrogens with zero attached hydrogens (tertiary/aromatic N) is 1. The summed E-state index contributed by atoms with van der Waals surface area (Å²) in [5.41, 5.74) is 4.30. The number of hydrogen-bond donors (Lipinski definition) is 1. The van der Waals surface area contributed by atoms with Gasteiger partial charge >= 0.3 is 0 Å². The summed E-state index contributed by atoms with van der Waals surface area (Å²) >= 11 is 12.4. The van der Waals surface area contributed by atoms with E-state index in [2.05, 4.69) is 36.3 Å². The molecule has 0 fully saturated rings. The van der Waals surface area contributed by atoms with Crippen LogP contribution in [0.1, 0.15) is 42.1 Å². The molecule has 0 saturated carbocycles. The number of oxazole rings is 1. The highest BCUT2D eigenvalue weighted by molar-refractivity contribution is 6.36. The Morgan fingerprint density at radius 1 is 1.07 bits per heavy atom. The first-order valence-electron chi connectivity index (χ1n) is 9.72. The second-order valence-electron chi connectivity index (χ2n) is 7.18. The molecule has 0 saturated heterocycles. The summed E-state index contributed by atoms with van der Waals surface area (Å²) in [7, 11) is 0. The minimum atomic E-state index is -0.338. The van der Waals surface area contributed by atoms with Gasteiger partial charge in [-0.3, -0.25) is 4.79 Å². The molecule has 4 nitrogen and oxygen atoms in total. The first-order chi connectivity index (χ1) is 14.5. The number of anilines is 1. The Balaban J connectivity index is 1.66. The highest BCUT2D eigenvalue weighted by Crippen LogP contribution is 2.32. The Morgan fingerprint density at radius 3 is 2.63 bits per heavy atom. The lowest BCUT2D eigenvalue weighted by atomic mass is 9.98. The van der Waals surface area contributed by atoms with Crippen LogP contribution in [0.3, 0.4) is 0 Å². The van der Waals surface area contributed by atoms with Crippen molar-refractivity contribution in [1.29, 1.82) is 0 Å². The Morgan fingerprint density at radius 2 is 1.87 bits per heavy atom. The zero-order valence-electron chi connectivity index (χ0n) is 16.6. The van der Waals surface area contributed by atoms with Crippen molar-refractivity contribution in [3.63, 3.8) is 0 Å². The largest absolute Gasteiger partial charge is 0.436 e. The third kappa shape index (κ3) is 4.07. The van der Waals surface area contributed by atoms with Crippen LogP contribution in [-0.4, -0.2) is 10.9 Å². The highest BCUT2D eigenvalue weighted by atomic mass is 35.5. The third-order valence-electron chi connectivity index (χ3n) is 5.17. The molecule has 1 heterocycles. The van der Waals surface area contributed by atoms with Gasteiger partial charge in [0.1, 0.15) is 5.52 Å². The number of amides is 1. The monoisotopic (exact) mass is 438 g/mol. The van der Waals surface area contributed by atoms with Crippen molar-refractivity contribution in [3.8, 4) is 11.5 Å². The number of hydrogen-bond acceptors (Lipinski definition) is 3. The summed E-state index contributed by atoms with van der Waals surface area (Å²) in [6.45, 7) is 4.35. The molecule has 6 heteroatoms. The smallest absolute Gasteiger partial charge is 0.257 e. The molecule has 30 heavy (non-hydrogen) atoms. The van der Waals surface area contributed by atoms with Gasteiger partial charge in [-0.1, -0.05) is 55.2 Å². The molecule has 0 aliphatic rings. The van der Waals surface area contributed by atoms with Crippen molar-refractivity contribution in [2.24, 2.45) is 0 Å². The van der Waals surface area contributed by atoms with Crippen LogP contribution < -0.4 is 5.32 Å². The highest BCUT2D eigenvalue weighted by Gasteiger charge is 2.15. The standard InChI is InChI=1S/C24H20Cl2N2O2/c1-3-14(2)15-9-11-22-21(12-15)28-24(30-22)16-8-10-19(26)20(13-16)27-23(29)17-6-4-5-7-18(17)25/h4-14H,3H2,1-2H3,(H,27,29). The number of carbonyl (C=O) groups is 1. The van der Waals surface area contributed by atoms with Crippen molar-refractivity contribution in [1.82, 2.24) is 4.98 Å². The van der Waals surface area contributed by atoms with E-state index in [0.717, 1.165) is 17.5 Å². The minimum Gasteiger partial charge on any atom is -0.436 e. The van der Waals surface area contributed by atoms with E-state index in [1.165, 1.54) is 5.56 Å². The van der Waals surface area contributed by atoms with Crippen molar-refractivity contribution < 1.29 is 9.21 Å². The Bertz CT molecular complexity index is 1230. The van der Waals surface area contributed by atoms with Gasteiger partial charge in [-0.25, -0.2) is 4.98 Å². The molecule has 0 aliphatic heterocycles. The van der Waals surface area contributed by atoms with E-state index in [1.807, 2.05) is 12.1 Å². The van der Waals surface area contributed by atoms with E-state index < -0.39 is 0 Å². The molecule has 1 aromatic heterocycles. The second kappa shape index (κ2) is 8.50. The number of nitrogens with one attached hydrogen (secondary N) is 1. The van der Waals surface area contributed by atoms with Crippen LogP contribution in [0.4, 0.5) is 5.69 Å². The predicted octanol–water partition coefficient (Wildman–Crippen LogP) is 7.57. The zero-order chi connectivity index (χ0) is 21.3. The fourth-order valence-electron chi connectivity index (χ4n) is 3.20. The van der Waals surface area contributed by atoms with Crippen LogP contribution >= 0.6 is 23.2 Å². The Kier molecular flexibility index (Phi) is 5.80. The van der Waals surface area contributed by atoms with Crippen LogP contribution in [0, 0.1) is 0 Å². The second-order valence-corrected chi connectivity index (χ2v) is 8.00. The van der Waals surface area contributed by atoms with E-state index >= 15 is 0 Å². The summed E-state index contributed by atoms with van der Waals surface area (Å²) < 4.78 is 5.94. The van der Waals surface area contributed by atoms with Crippen molar-refractivity contribution in [3.05, 3.63) is 81.8 Å². The van der Waals surface area contributed by atoms with E-state index in [1.54, 1.807) is 36.4 Å². The van der Waals surface area contributed by atoms with Crippen molar-refractivity contribution in [2.75, 3.05) is 5.32 Å². The topological polar surface area (TPSA) is 55.1 Å². The van der Waals surface area contributed by atoms with Gasteiger partial charge in [0.25, 0.3) is 5.91 Å². The number of aromatic nitrogens is 1. The molecule has 152 valence electrons. The number of carbonyl (C=O) groups excluding carboxylic acids is 1. The first-order valence-corrected chi connectivity index (χ1v) is 10.5. The molecule has 0 spiro atoms. The van der Waals surface area contributed by atoms with Crippen LogP contribution in [0.5, 0.6) is 0 Å². The average Bonchev–Trinajstić information content (AvgIpc) is 3.18. The zero-order valence-corrected chi connectivity index (χ0v) is 18.1. The van der Waals surface area contributed by atoms with Crippen LogP contribution in [0.2, 0.25) is 10.0 Å². The van der Waals surface area contributed by atoms with Crippen molar-refractivity contribution >= 4 is 45.9 Å². The maximum absolute atomic E-state index is 12.6. The molecule has 1 atom stereocenters. The molecule has 4 rings (SSSR count). The van der Waals surface area contributed by atoms with Gasteiger partial charge in [-0.2, -0.15) is 0 Å². The summed E-state index contributed by atoms with van der Waals surface area (Å²) in [5.74, 6) is 0.586. The molecule has 1 amide bonds. The molecule has 3 aromatic carbocycles. The third-order valence-corrected chi connectivity index (χ3v) is 5.83. The van der Waals surface area contributed by atoms with Crippen LogP contribution in [-0.2, 0) is 0 Å². The molecule has 1 unspecified atom stereocenters. The fourth-order valence-corrected chi connectivity index (χ4v) is 3.59. The summed E-state index contributed by atoms with van der Waals surface area (Å²) in [5, 5.41) is 3.60. The van der Waals surface area contributed by atoms with Gasteiger partial charge in [0.2, 0.25) is 5.89 Å². The summed E-state index contributed by atoms with van der Waals surface area (Å²) in [6.07, 6.45) is 1.06. The Hall–Kier alpha value is -2.82. The molecule has 1 N–H and O–H groups in total. The molecular formula is C24H20Cl2N2O2. The van der Waals surface area contributed by atoms with Gasteiger partial charge in [0.15, 0.2) is 5.58 Å². The Labute approximate surface area is 184 Å². The van der Waals surface area contributed by atoms with Crippen LogP contribution in [0.15, 0.2) is 65.1 Å². The van der Waals surface area contributed by atoms with E-state index in [9.17, 15) is 4.79 Å². The van der Waals surface area contributed by atoms with Crippen LogP contribution in [0.25, 0.3) is 22.6 Å². The van der Waals surface area contributed by atoms with Gasteiger partial charge in [-0.05, 0) is 60.4 Å². The molecule has 4 aromatic rings. The lowest BCUT2D eigenvalue weighted by Crippen LogP contribution is -2.12. The van der Waals surface area contributed by atoms with E-state index in [0.29, 0.717) is 38.7 Å². The van der Waals surface area contributed by atoms with Crippen molar-refractivity contribution in [2.45, 2.75) is 26.2 Å². The number of rotatable bonds is 5. The van der Waals surface area contributed by atoms with Gasteiger partial charge in [0, 0.05) is 5.56 Å². The quantitative estimate of drug-likeness (QED) is 0.349. The maximum atomic E-state index is 12.6. The molecule has 0 aliphatic carbocycles. The van der Waals surface area contributed by atoms with Gasteiger partial charge in [-0.15, -0.1) is 0 Å². The summed E-state index contributed by atoms with van der Waals surface area (Å²) in [6, 6.07) is 18.2. The molecule has 0 bridgehead atoms. The summed E-state index contributed by atoms with van der Waals surface area (Å²) in [4.78, 5) is 17.3. The predicted molar refractivity (Wildman–Crippen MR) is 123 cm³/mol. The molecular weight excluding hydrogens is 419 g/mol. The molecule has 0 radical (unpaired) electrons. The fraction of sp³-hybridized carbons (Fsp3) is 0.167. The number of benzene rings is 3. The lowest BCUT2D eigenvalue weighted by molar-refractivity contribution is 0.102. The van der Waals surface area contributed by atoms with Gasteiger partial charge < -0.3 is 9.73 Å². The lowest BCUT2D eigenvalue weighted by Gasteiger charge is -2.09. The first kappa shape index (κ1) is 20.5. The van der Waals surface area contributed by atoms with Gasteiger partial charge in [0.05, 0.1) is 21.3 Å². The number of halogens is 2. The average molecular weight is 439 g/mol. The van der Waals surface area contributed by atoms with E-state index in [-0.39, 0.29) is 5.91 Å².